The van der Waals surface area contributed by atoms with Crippen molar-refractivity contribution >= 4 is 40.5 Å². The van der Waals surface area contributed by atoms with Gasteiger partial charge in [-0.1, -0.05) is 30.3 Å². The fourth-order valence-electron chi connectivity index (χ4n) is 8.83. The molecule has 0 radical (unpaired) electrons. The van der Waals surface area contributed by atoms with Gasteiger partial charge in [0.25, 0.3) is 0 Å². The van der Waals surface area contributed by atoms with Crippen molar-refractivity contribution in [2.24, 2.45) is 11.8 Å². The number of benzene rings is 2. The van der Waals surface area contributed by atoms with E-state index in [2.05, 4.69) is 40.2 Å². The Morgan fingerprint density at radius 2 is 1.65 bits per heavy atom. The number of allylic oxidation sites excluding steroid dienone is 1. The number of carbonyl (C=O) groups is 4. The summed E-state index contributed by atoms with van der Waals surface area (Å²) in [5, 5.41) is 5.35. The van der Waals surface area contributed by atoms with Crippen LogP contribution in [-0.2, 0) is 43.5 Å². The number of aromatic nitrogens is 2. The molecule has 276 valence electrons. The van der Waals surface area contributed by atoms with Crippen LogP contribution < -0.4 is 0 Å². The van der Waals surface area contributed by atoms with Crippen LogP contribution in [0.25, 0.3) is 17.0 Å². The molecule has 4 aliphatic rings. The quantitative estimate of drug-likeness (QED) is 0.306. The van der Waals surface area contributed by atoms with Gasteiger partial charge in [-0.05, 0) is 105 Å². The normalized spacial score (nSPS) is 20.1. The summed E-state index contributed by atoms with van der Waals surface area (Å²) in [5.74, 6) is -0.485. The number of fused-ring (bicyclic) bond motifs is 2. The minimum Gasteiger partial charge on any atom is -0.443 e. The molecule has 2 amide bonds. The van der Waals surface area contributed by atoms with Gasteiger partial charge in [-0.15, -0.1) is 0 Å². The standard InChI is InChI=1S/C41H52N6O5/c1-28-20-30(22-35-26-42-47(40(28)35)27-52-29(2)48)21-34(41(51)46-18-16-44(17-19-46)36-10-12-43(3)13-11-36)25-39(50)45-14-8-31(9-15-45)37-23-32-6-4-5-7-33(32)24-38(37)49/h4-7,20,22-23,26,31,34,36H,8-19,21,24-25,27H2,1-3H3/t34-/m0/s1. The summed E-state index contributed by atoms with van der Waals surface area (Å²) in [7, 11) is 2.18. The van der Waals surface area contributed by atoms with E-state index in [0.717, 1.165) is 90.6 Å². The molecule has 3 aliphatic heterocycles. The molecular formula is C41H52N6O5. The predicted molar refractivity (Wildman–Crippen MR) is 199 cm³/mol. The largest absolute Gasteiger partial charge is 0.443 e. The number of piperazine rings is 1. The van der Waals surface area contributed by atoms with Crippen LogP contribution in [0.2, 0.25) is 0 Å². The third-order valence-electron chi connectivity index (χ3n) is 11.8. The highest BCUT2D eigenvalue weighted by molar-refractivity contribution is 6.04. The minimum absolute atomic E-state index is 0.00283. The van der Waals surface area contributed by atoms with Crippen LogP contribution >= 0.6 is 0 Å². The zero-order valence-electron chi connectivity index (χ0n) is 30.9. The van der Waals surface area contributed by atoms with E-state index >= 15 is 0 Å². The van der Waals surface area contributed by atoms with Crippen molar-refractivity contribution in [1.29, 1.82) is 0 Å². The summed E-state index contributed by atoms with van der Waals surface area (Å²) >= 11 is 0. The minimum atomic E-state index is -0.493. The number of rotatable bonds is 9. The molecule has 3 saturated heterocycles. The van der Waals surface area contributed by atoms with Crippen LogP contribution in [0.5, 0.6) is 0 Å². The van der Waals surface area contributed by atoms with Crippen LogP contribution in [0.15, 0.2) is 48.2 Å². The Kier molecular flexibility index (Phi) is 10.9. The van der Waals surface area contributed by atoms with E-state index in [-0.39, 0.29) is 42.6 Å². The molecule has 52 heavy (non-hydrogen) atoms. The van der Waals surface area contributed by atoms with Crippen LogP contribution in [0, 0.1) is 18.8 Å². The first-order chi connectivity index (χ1) is 25.1. The van der Waals surface area contributed by atoms with Crippen LogP contribution in [0.4, 0.5) is 0 Å². The van der Waals surface area contributed by atoms with Gasteiger partial charge >= 0.3 is 5.97 Å². The molecule has 0 saturated carbocycles. The van der Waals surface area contributed by atoms with Gasteiger partial charge in [0.2, 0.25) is 11.8 Å². The smallest absolute Gasteiger partial charge is 0.304 e. The lowest BCUT2D eigenvalue weighted by Crippen LogP contribution is -2.55. The number of Topliss-reactive ketones (excluding diaryl/α,β-unsaturated/α-hetero) is 1. The van der Waals surface area contributed by atoms with Crippen molar-refractivity contribution in [3.05, 3.63) is 70.4 Å². The molecule has 1 aliphatic carbocycles. The molecule has 1 atom stereocenters. The third-order valence-corrected chi connectivity index (χ3v) is 11.8. The zero-order valence-corrected chi connectivity index (χ0v) is 30.9. The Morgan fingerprint density at radius 3 is 2.38 bits per heavy atom. The Hall–Kier alpha value is -4.35. The Balaban J connectivity index is 1.04. The molecule has 3 aromatic rings. The molecule has 0 unspecified atom stereocenters. The molecular weight excluding hydrogens is 656 g/mol. The van der Waals surface area contributed by atoms with E-state index in [1.54, 1.807) is 10.9 Å². The van der Waals surface area contributed by atoms with E-state index in [4.69, 9.17) is 4.74 Å². The van der Waals surface area contributed by atoms with Gasteiger partial charge in [0.05, 0.1) is 17.6 Å². The highest BCUT2D eigenvalue weighted by atomic mass is 16.5. The predicted octanol–water partition coefficient (Wildman–Crippen LogP) is 4.10. The highest BCUT2D eigenvalue weighted by Crippen LogP contribution is 2.33. The second-order valence-corrected chi connectivity index (χ2v) is 15.3. The number of amides is 2. The third kappa shape index (κ3) is 8.00. The SMILES string of the molecule is CC(=O)OCn1ncc2cc(C[C@@H](CC(=O)N3CCC(C4=Cc5ccccc5CC4=O)CC3)C(=O)N3CCN(C4CCN(C)CC4)CC3)cc(C)c21. The van der Waals surface area contributed by atoms with E-state index < -0.39 is 5.92 Å². The van der Waals surface area contributed by atoms with Gasteiger partial charge < -0.3 is 19.4 Å². The monoisotopic (exact) mass is 708 g/mol. The molecule has 0 N–H and O–H groups in total. The molecule has 1 aromatic heterocycles. The van der Waals surface area contributed by atoms with Gasteiger partial charge in [-0.3, -0.25) is 24.1 Å². The molecule has 2 aromatic carbocycles. The number of carbonyl (C=O) groups excluding carboxylic acids is 4. The van der Waals surface area contributed by atoms with Crippen LogP contribution in [-0.4, -0.2) is 118 Å². The van der Waals surface area contributed by atoms with Crippen LogP contribution in [0.3, 0.4) is 0 Å². The van der Waals surface area contributed by atoms with Crippen molar-refractivity contribution in [3.63, 3.8) is 0 Å². The maximum absolute atomic E-state index is 14.4. The zero-order chi connectivity index (χ0) is 36.4. The molecule has 0 bridgehead atoms. The molecule has 4 heterocycles. The van der Waals surface area contributed by atoms with E-state index in [9.17, 15) is 19.2 Å². The van der Waals surface area contributed by atoms with Crippen molar-refractivity contribution in [3.8, 4) is 0 Å². The summed E-state index contributed by atoms with van der Waals surface area (Å²) in [6.45, 7) is 9.87. The number of esters is 1. The maximum Gasteiger partial charge on any atom is 0.304 e. The number of ketones is 1. The van der Waals surface area contributed by atoms with Crippen LogP contribution in [0.1, 0.15) is 61.3 Å². The number of hydrogen-bond donors (Lipinski definition) is 0. The summed E-state index contributed by atoms with van der Waals surface area (Å²) < 4.78 is 6.87. The number of hydrogen-bond acceptors (Lipinski definition) is 8. The first-order valence-electron chi connectivity index (χ1n) is 19.0. The van der Waals surface area contributed by atoms with E-state index in [1.165, 1.54) is 6.92 Å². The van der Waals surface area contributed by atoms with Gasteiger partial charge in [-0.25, -0.2) is 4.68 Å². The van der Waals surface area contributed by atoms with Gasteiger partial charge in [-0.2, -0.15) is 5.10 Å². The maximum atomic E-state index is 14.4. The van der Waals surface area contributed by atoms with Crippen molar-refractivity contribution in [1.82, 2.24) is 29.4 Å². The summed E-state index contributed by atoms with van der Waals surface area (Å²) in [6, 6.07) is 12.8. The van der Waals surface area contributed by atoms with Gasteiger partial charge in [0.1, 0.15) is 0 Å². The van der Waals surface area contributed by atoms with Gasteiger partial charge in [0.15, 0.2) is 12.5 Å². The Labute approximate surface area is 306 Å². The Bertz CT molecular complexity index is 1840. The van der Waals surface area contributed by atoms with E-state index in [0.29, 0.717) is 45.1 Å². The van der Waals surface area contributed by atoms with Crippen molar-refractivity contribution in [2.45, 2.75) is 71.6 Å². The second kappa shape index (κ2) is 15.7. The Morgan fingerprint density at radius 1 is 0.923 bits per heavy atom. The fraction of sp³-hybridized carbons (Fsp3) is 0.537. The lowest BCUT2D eigenvalue weighted by Gasteiger charge is -2.43. The number of likely N-dealkylation sites (tertiary alicyclic amines) is 2. The number of ether oxygens (including phenoxy) is 1. The molecule has 3 fully saturated rings. The summed E-state index contributed by atoms with van der Waals surface area (Å²) in [6.07, 6.45) is 8.67. The van der Waals surface area contributed by atoms with E-state index in [1.807, 2.05) is 41.0 Å². The lowest BCUT2D eigenvalue weighted by molar-refractivity contribution is -0.145. The first kappa shape index (κ1) is 36.0. The van der Waals surface area contributed by atoms with Gasteiger partial charge in [0, 0.05) is 70.5 Å². The average molecular weight is 709 g/mol. The molecule has 0 spiro atoms. The number of aryl methyl sites for hydroxylation is 1. The topological polar surface area (TPSA) is 108 Å². The molecule has 11 nitrogen and oxygen atoms in total. The number of piperidine rings is 2. The highest BCUT2D eigenvalue weighted by Gasteiger charge is 2.35. The summed E-state index contributed by atoms with van der Waals surface area (Å²) in [4.78, 5) is 61.7. The van der Waals surface area contributed by atoms with Crippen molar-refractivity contribution < 1.29 is 23.9 Å². The lowest BCUT2D eigenvalue weighted by atomic mass is 9.80. The number of nitrogens with zero attached hydrogens (tertiary/aromatic N) is 6. The summed E-state index contributed by atoms with van der Waals surface area (Å²) in [5.41, 5.74) is 5.92. The molecule has 7 rings (SSSR count). The van der Waals surface area contributed by atoms with Crippen molar-refractivity contribution in [2.75, 3.05) is 59.4 Å². The average Bonchev–Trinajstić information content (AvgIpc) is 3.57. The first-order valence-corrected chi connectivity index (χ1v) is 19.0. The fourth-order valence-corrected chi connectivity index (χ4v) is 8.83. The second-order valence-electron chi connectivity index (χ2n) is 15.3. The molecule has 11 heteroatoms.